The predicted octanol–water partition coefficient (Wildman–Crippen LogP) is 1.09. The Morgan fingerprint density at radius 1 is 1.22 bits per heavy atom. The molecule has 27 heavy (non-hydrogen) atoms. The molecule has 146 valence electrons. The summed E-state index contributed by atoms with van der Waals surface area (Å²) in [7, 11) is -1.58. The molecule has 9 heteroatoms. The number of carbonyl (C=O) groups is 1. The predicted molar refractivity (Wildman–Crippen MR) is 104 cm³/mol. The lowest BCUT2D eigenvalue weighted by Crippen LogP contribution is -2.43. The number of anilines is 1. The van der Waals surface area contributed by atoms with Crippen molar-refractivity contribution in [2.75, 3.05) is 24.7 Å². The molecule has 0 radical (unpaired) electrons. The SMILES string of the molecule is Cc1c(NC(=O)[C@@H]2CCCN(S(C)(=O)=O)C2)c(=O)n(-c2ccccc2)n1C. The van der Waals surface area contributed by atoms with Crippen molar-refractivity contribution in [3.63, 3.8) is 0 Å². The van der Waals surface area contributed by atoms with Crippen LogP contribution in [0.25, 0.3) is 5.69 Å². The van der Waals surface area contributed by atoms with Crippen LogP contribution in [0.5, 0.6) is 0 Å². The van der Waals surface area contributed by atoms with E-state index in [1.807, 2.05) is 30.3 Å². The fourth-order valence-corrected chi connectivity index (χ4v) is 4.31. The normalized spacial score (nSPS) is 18.4. The van der Waals surface area contributed by atoms with E-state index in [0.29, 0.717) is 30.8 Å². The molecule has 0 bridgehead atoms. The van der Waals surface area contributed by atoms with Crippen LogP contribution in [-0.4, -0.2) is 47.3 Å². The van der Waals surface area contributed by atoms with Crippen molar-refractivity contribution in [3.05, 3.63) is 46.4 Å². The van der Waals surface area contributed by atoms with E-state index in [0.717, 1.165) is 6.26 Å². The largest absolute Gasteiger partial charge is 0.320 e. The maximum atomic E-state index is 12.9. The zero-order valence-corrected chi connectivity index (χ0v) is 16.5. The van der Waals surface area contributed by atoms with Crippen LogP contribution in [0, 0.1) is 12.8 Å². The molecule has 0 saturated carbocycles. The highest BCUT2D eigenvalue weighted by Gasteiger charge is 2.31. The number of nitrogens with one attached hydrogen (secondary N) is 1. The van der Waals surface area contributed by atoms with Crippen LogP contribution in [0.4, 0.5) is 5.69 Å². The van der Waals surface area contributed by atoms with E-state index >= 15 is 0 Å². The summed E-state index contributed by atoms with van der Waals surface area (Å²) in [6, 6.07) is 9.17. The van der Waals surface area contributed by atoms with Gasteiger partial charge in [0.05, 0.1) is 23.6 Å². The molecule has 1 amide bonds. The van der Waals surface area contributed by atoms with Crippen LogP contribution in [0.3, 0.4) is 0 Å². The van der Waals surface area contributed by atoms with Gasteiger partial charge in [0.15, 0.2) is 0 Å². The standard InChI is InChI=1S/C18H24N4O4S/c1-13-16(18(24)22(20(13)2)15-9-5-4-6-10-15)19-17(23)14-8-7-11-21(12-14)27(3,25)26/h4-6,9-10,14H,7-8,11-12H2,1-3H3,(H,19,23)/t14-/m1/s1. The maximum Gasteiger partial charge on any atom is 0.295 e. The van der Waals surface area contributed by atoms with Crippen molar-refractivity contribution in [1.29, 1.82) is 0 Å². The molecule has 1 aromatic heterocycles. The molecule has 0 aliphatic carbocycles. The van der Waals surface area contributed by atoms with Crippen LogP contribution in [0.15, 0.2) is 35.1 Å². The van der Waals surface area contributed by atoms with Gasteiger partial charge in [0.2, 0.25) is 15.9 Å². The van der Waals surface area contributed by atoms with Crippen molar-refractivity contribution in [1.82, 2.24) is 13.7 Å². The number of carbonyl (C=O) groups excluding carboxylic acids is 1. The van der Waals surface area contributed by atoms with Gasteiger partial charge in [0.1, 0.15) is 5.69 Å². The van der Waals surface area contributed by atoms with Crippen molar-refractivity contribution in [2.45, 2.75) is 19.8 Å². The molecule has 2 aromatic rings. The second-order valence-corrected chi connectivity index (χ2v) is 8.87. The van der Waals surface area contributed by atoms with Gasteiger partial charge in [-0.05, 0) is 31.9 Å². The smallest absolute Gasteiger partial charge is 0.295 e. The quantitative estimate of drug-likeness (QED) is 0.843. The van der Waals surface area contributed by atoms with E-state index in [1.54, 1.807) is 18.7 Å². The minimum Gasteiger partial charge on any atom is -0.320 e. The van der Waals surface area contributed by atoms with Gasteiger partial charge in [-0.2, -0.15) is 0 Å². The zero-order valence-electron chi connectivity index (χ0n) is 15.7. The molecule has 1 N–H and O–H groups in total. The summed E-state index contributed by atoms with van der Waals surface area (Å²) < 4.78 is 28.0. The van der Waals surface area contributed by atoms with Crippen LogP contribution < -0.4 is 10.9 Å². The lowest BCUT2D eigenvalue weighted by Gasteiger charge is -2.29. The molecule has 1 fully saturated rings. The first-order valence-electron chi connectivity index (χ1n) is 8.80. The summed E-state index contributed by atoms with van der Waals surface area (Å²) >= 11 is 0. The first-order valence-corrected chi connectivity index (χ1v) is 10.6. The molecule has 0 unspecified atom stereocenters. The third kappa shape index (κ3) is 3.84. The Hall–Kier alpha value is -2.39. The van der Waals surface area contributed by atoms with E-state index < -0.39 is 15.9 Å². The summed E-state index contributed by atoms with van der Waals surface area (Å²) in [5.74, 6) is -0.799. The number of aromatic nitrogens is 2. The number of benzene rings is 1. The van der Waals surface area contributed by atoms with Crippen LogP contribution in [-0.2, 0) is 21.9 Å². The Labute approximate surface area is 158 Å². The number of piperidine rings is 1. The fourth-order valence-electron chi connectivity index (χ4n) is 3.40. The maximum absolute atomic E-state index is 12.9. The van der Waals surface area contributed by atoms with Crippen molar-refractivity contribution in [2.24, 2.45) is 13.0 Å². The van der Waals surface area contributed by atoms with Gasteiger partial charge in [-0.3, -0.25) is 14.3 Å². The van der Waals surface area contributed by atoms with Crippen LogP contribution in [0.1, 0.15) is 18.5 Å². The highest BCUT2D eigenvalue weighted by Crippen LogP contribution is 2.21. The Morgan fingerprint density at radius 2 is 1.89 bits per heavy atom. The van der Waals surface area contributed by atoms with Gasteiger partial charge < -0.3 is 5.32 Å². The number of hydrogen-bond acceptors (Lipinski definition) is 4. The monoisotopic (exact) mass is 392 g/mol. The van der Waals surface area contributed by atoms with Crippen molar-refractivity contribution in [3.8, 4) is 5.69 Å². The summed E-state index contributed by atoms with van der Waals surface area (Å²) in [6.07, 6.45) is 2.36. The summed E-state index contributed by atoms with van der Waals surface area (Å²) in [4.78, 5) is 25.6. The third-order valence-electron chi connectivity index (χ3n) is 5.03. The number of para-hydroxylation sites is 1. The van der Waals surface area contributed by atoms with Crippen molar-refractivity contribution < 1.29 is 13.2 Å². The molecular formula is C18H24N4O4S. The molecular weight excluding hydrogens is 368 g/mol. The fraction of sp³-hybridized carbons (Fsp3) is 0.444. The first kappa shape index (κ1) is 19.4. The van der Waals surface area contributed by atoms with Crippen LogP contribution in [0.2, 0.25) is 0 Å². The molecule has 1 saturated heterocycles. The molecule has 1 aliphatic rings. The molecule has 2 heterocycles. The number of sulfonamides is 1. The van der Waals surface area contributed by atoms with E-state index in [4.69, 9.17) is 0 Å². The average Bonchev–Trinajstić information content (AvgIpc) is 2.85. The Balaban J connectivity index is 1.86. The Morgan fingerprint density at radius 3 is 2.52 bits per heavy atom. The molecule has 8 nitrogen and oxygen atoms in total. The van der Waals surface area contributed by atoms with Crippen molar-refractivity contribution >= 4 is 21.6 Å². The second-order valence-electron chi connectivity index (χ2n) is 6.89. The Kier molecular flexibility index (Phi) is 5.25. The molecule has 3 rings (SSSR count). The minimum absolute atomic E-state index is 0.142. The zero-order chi connectivity index (χ0) is 19.8. The van der Waals surface area contributed by atoms with E-state index in [2.05, 4.69) is 5.32 Å². The highest BCUT2D eigenvalue weighted by molar-refractivity contribution is 7.88. The van der Waals surface area contributed by atoms with Gasteiger partial charge >= 0.3 is 0 Å². The van der Waals surface area contributed by atoms with E-state index in [1.165, 1.54) is 8.99 Å². The minimum atomic E-state index is -3.34. The lowest BCUT2D eigenvalue weighted by molar-refractivity contribution is -0.120. The second kappa shape index (κ2) is 7.32. The molecule has 1 aliphatic heterocycles. The Bertz CT molecular complexity index is 1010. The number of amides is 1. The van der Waals surface area contributed by atoms with Gasteiger partial charge in [-0.25, -0.2) is 17.4 Å². The number of rotatable bonds is 4. The van der Waals surface area contributed by atoms with Gasteiger partial charge in [-0.15, -0.1) is 0 Å². The summed E-state index contributed by atoms with van der Waals surface area (Å²) in [5, 5.41) is 2.74. The average molecular weight is 392 g/mol. The van der Waals surface area contributed by atoms with E-state index in [-0.39, 0.29) is 23.7 Å². The third-order valence-corrected chi connectivity index (χ3v) is 6.30. The topological polar surface area (TPSA) is 93.4 Å². The highest BCUT2D eigenvalue weighted by atomic mass is 32.2. The summed E-state index contributed by atoms with van der Waals surface area (Å²) in [5.41, 5.74) is 1.25. The number of nitrogens with zero attached hydrogens (tertiary/aromatic N) is 3. The van der Waals surface area contributed by atoms with Gasteiger partial charge in [0, 0.05) is 20.1 Å². The van der Waals surface area contributed by atoms with E-state index in [9.17, 15) is 18.0 Å². The lowest BCUT2D eigenvalue weighted by atomic mass is 9.99. The first-order chi connectivity index (χ1) is 12.7. The number of hydrogen-bond donors (Lipinski definition) is 1. The van der Waals surface area contributed by atoms with Crippen LogP contribution >= 0.6 is 0 Å². The molecule has 0 spiro atoms. The molecule has 1 aromatic carbocycles. The molecule has 1 atom stereocenters. The summed E-state index contributed by atoms with van der Waals surface area (Å²) in [6.45, 7) is 2.33. The van der Waals surface area contributed by atoms with Gasteiger partial charge in [-0.1, -0.05) is 18.2 Å². The van der Waals surface area contributed by atoms with Gasteiger partial charge in [0.25, 0.3) is 5.56 Å².